The quantitative estimate of drug-likeness (QED) is 0.904. The number of rotatable bonds is 5. The monoisotopic (exact) mass is 346 g/mol. The van der Waals surface area contributed by atoms with Gasteiger partial charge in [-0.05, 0) is 43.4 Å². The molecule has 1 aliphatic carbocycles. The summed E-state index contributed by atoms with van der Waals surface area (Å²) >= 11 is 1.51. The number of carbonyl (C=O) groups is 1. The largest absolute Gasteiger partial charge is 0.352 e. The number of aromatic nitrogens is 2. The summed E-state index contributed by atoms with van der Waals surface area (Å²) in [5.74, 6) is -0.122. The van der Waals surface area contributed by atoms with Gasteiger partial charge in [-0.1, -0.05) is 23.5 Å². The Bertz CT molecular complexity index is 728. The zero-order valence-electron chi connectivity index (χ0n) is 13.2. The van der Waals surface area contributed by atoms with E-state index in [1.807, 2.05) is 0 Å². The first kappa shape index (κ1) is 15.5. The van der Waals surface area contributed by atoms with E-state index in [0.29, 0.717) is 12.5 Å². The summed E-state index contributed by atoms with van der Waals surface area (Å²) in [6, 6.07) is 6.68. The highest BCUT2D eigenvalue weighted by molar-refractivity contribution is 7.15. The van der Waals surface area contributed by atoms with E-state index in [-0.39, 0.29) is 17.8 Å². The van der Waals surface area contributed by atoms with Gasteiger partial charge in [0.2, 0.25) is 11.0 Å². The van der Waals surface area contributed by atoms with E-state index >= 15 is 0 Å². The number of amides is 1. The fourth-order valence-electron chi connectivity index (χ4n) is 3.00. The predicted octanol–water partition coefficient (Wildman–Crippen LogP) is 2.52. The van der Waals surface area contributed by atoms with Crippen LogP contribution in [-0.4, -0.2) is 34.7 Å². The molecule has 0 spiro atoms. The highest BCUT2D eigenvalue weighted by Crippen LogP contribution is 2.30. The van der Waals surface area contributed by atoms with Gasteiger partial charge >= 0.3 is 0 Å². The van der Waals surface area contributed by atoms with Gasteiger partial charge in [0.25, 0.3) is 0 Å². The van der Waals surface area contributed by atoms with Gasteiger partial charge in [-0.2, -0.15) is 0 Å². The molecule has 7 heteroatoms. The Morgan fingerprint density at radius 3 is 2.79 bits per heavy atom. The molecule has 1 atom stereocenters. The van der Waals surface area contributed by atoms with Crippen LogP contribution < -0.4 is 10.2 Å². The van der Waals surface area contributed by atoms with Crippen molar-refractivity contribution in [2.45, 2.75) is 44.2 Å². The summed E-state index contributed by atoms with van der Waals surface area (Å²) < 4.78 is 13.0. The average Bonchev–Trinajstić information content (AvgIpc) is 3.08. The second kappa shape index (κ2) is 6.47. The van der Waals surface area contributed by atoms with Crippen LogP contribution in [0.3, 0.4) is 0 Å². The number of nitrogens with one attached hydrogen (secondary N) is 1. The van der Waals surface area contributed by atoms with Crippen molar-refractivity contribution in [3.05, 3.63) is 40.7 Å². The molecule has 1 amide bonds. The van der Waals surface area contributed by atoms with Gasteiger partial charge in [0.05, 0.1) is 0 Å². The first-order chi connectivity index (χ1) is 11.7. The smallest absolute Gasteiger partial charge is 0.243 e. The molecule has 0 radical (unpaired) electrons. The molecule has 1 aromatic carbocycles. The topological polar surface area (TPSA) is 58.1 Å². The van der Waals surface area contributed by atoms with Gasteiger partial charge in [-0.15, -0.1) is 10.2 Å². The molecule has 1 aliphatic heterocycles. The summed E-state index contributed by atoms with van der Waals surface area (Å²) in [7, 11) is 0. The molecule has 4 rings (SSSR count). The molecule has 1 saturated carbocycles. The molecule has 2 aromatic rings. The van der Waals surface area contributed by atoms with E-state index in [1.54, 1.807) is 12.1 Å². The Balaban J connectivity index is 1.44. The highest BCUT2D eigenvalue weighted by Gasteiger charge is 2.35. The normalized spacial score (nSPS) is 20.4. The second-order valence-corrected chi connectivity index (χ2v) is 7.46. The Labute approximate surface area is 143 Å². The lowest BCUT2D eigenvalue weighted by molar-refractivity contribution is -0.122. The molecule has 1 saturated heterocycles. The zero-order valence-corrected chi connectivity index (χ0v) is 14.1. The summed E-state index contributed by atoms with van der Waals surface area (Å²) in [5.41, 5.74) is 1.00. The van der Waals surface area contributed by atoms with Crippen LogP contribution in [0.5, 0.6) is 0 Å². The minimum absolute atomic E-state index is 0.116. The van der Waals surface area contributed by atoms with Crippen molar-refractivity contribution in [2.24, 2.45) is 0 Å². The van der Waals surface area contributed by atoms with Gasteiger partial charge in [-0.3, -0.25) is 4.79 Å². The van der Waals surface area contributed by atoms with Crippen LogP contribution in [0.2, 0.25) is 0 Å². The average molecular weight is 346 g/mol. The van der Waals surface area contributed by atoms with Gasteiger partial charge in [0, 0.05) is 19.0 Å². The van der Waals surface area contributed by atoms with Crippen molar-refractivity contribution in [3.63, 3.8) is 0 Å². The Hall–Kier alpha value is -2.02. The number of hydrogen-bond acceptors (Lipinski definition) is 5. The van der Waals surface area contributed by atoms with Gasteiger partial charge in [0.1, 0.15) is 16.9 Å². The Kier molecular flexibility index (Phi) is 4.18. The summed E-state index contributed by atoms with van der Waals surface area (Å²) in [4.78, 5) is 14.5. The SMILES string of the molecule is O=C(NC1CC1)[C@@H]1CCCN1c1nnc(Cc2ccc(F)cc2)s1. The molecule has 0 unspecified atom stereocenters. The zero-order chi connectivity index (χ0) is 16.5. The lowest BCUT2D eigenvalue weighted by Crippen LogP contribution is -2.44. The molecule has 24 heavy (non-hydrogen) atoms. The Morgan fingerprint density at radius 2 is 2.04 bits per heavy atom. The third-order valence-electron chi connectivity index (χ3n) is 4.45. The molecule has 0 bridgehead atoms. The van der Waals surface area contributed by atoms with Crippen LogP contribution in [0, 0.1) is 5.82 Å². The number of hydrogen-bond donors (Lipinski definition) is 1. The number of nitrogens with zero attached hydrogens (tertiary/aromatic N) is 3. The van der Waals surface area contributed by atoms with E-state index in [1.165, 1.54) is 23.5 Å². The van der Waals surface area contributed by atoms with Crippen molar-refractivity contribution in [1.29, 1.82) is 0 Å². The van der Waals surface area contributed by atoms with Crippen molar-refractivity contribution < 1.29 is 9.18 Å². The molecule has 2 fully saturated rings. The second-order valence-electron chi connectivity index (χ2n) is 6.42. The standard InChI is InChI=1S/C17H19FN4OS/c18-12-5-3-11(4-6-12)10-15-20-21-17(24-15)22-9-1-2-14(22)16(23)19-13-7-8-13/h3-6,13-14H,1-2,7-10H2,(H,19,23)/t14-/m0/s1. The van der Waals surface area contributed by atoms with Crippen molar-refractivity contribution in [3.8, 4) is 0 Å². The summed E-state index contributed by atoms with van der Waals surface area (Å²) in [5, 5.41) is 13.3. The lowest BCUT2D eigenvalue weighted by atomic mass is 10.2. The van der Waals surface area contributed by atoms with E-state index in [9.17, 15) is 9.18 Å². The van der Waals surface area contributed by atoms with Crippen LogP contribution >= 0.6 is 11.3 Å². The van der Waals surface area contributed by atoms with Gasteiger partial charge in [0.15, 0.2) is 0 Å². The Morgan fingerprint density at radius 1 is 1.25 bits per heavy atom. The van der Waals surface area contributed by atoms with Gasteiger partial charge in [-0.25, -0.2) is 4.39 Å². The van der Waals surface area contributed by atoms with Crippen LogP contribution in [0.1, 0.15) is 36.3 Å². The third kappa shape index (κ3) is 3.40. The van der Waals surface area contributed by atoms with E-state index in [0.717, 1.165) is 47.9 Å². The number of carbonyl (C=O) groups excluding carboxylic acids is 1. The molecule has 5 nitrogen and oxygen atoms in total. The van der Waals surface area contributed by atoms with Crippen LogP contribution in [-0.2, 0) is 11.2 Å². The van der Waals surface area contributed by atoms with Gasteiger partial charge < -0.3 is 10.2 Å². The first-order valence-corrected chi connectivity index (χ1v) is 9.14. The van der Waals surface area contributed by atoms with E-state index < -0.39 is 0 Å². The van der Waals surface area contributed by atoms with Crippen LogP contribution in [0.15, 0.2) is 24.3 Å². The molecule has 126 valence electrons. The fraction of sp³-hybridized carbons (Fsp3) is 0.471. The molecular weight excluding hydrogens is 327 g/mol. The molecule has 2 aliphatic rings. The van der Waals surface area contributed by atoms with Crippen molar-refractivity contribution in [1.82, 2.24) is 15.5 Å². The minimum Gasteiger partial charge on any atom is -0.352 e. The first-order valence-electron chi connectivity index (χ1n) is 8.33. The van der Waals surface area contributed by atoms with Crippen LogP contribution in [0.4, 0.5) is 9.52 Å². The lowest BCUT2D eigenvalue weighted by Gasteiger charge is -2.22. The highest BCUT2D eigenvalue weighted by atomic mass is 32.1. The molecule has 1 aromatic heterocycles. The number of halogens is 1. The maximum absolute atomic E-state index is 13.0. The van der Waals surface area contributed by atoms with Crippen molar-refractivity contribution in [2.75, 3.05) is 11.4 Å². The molecule has 2 heterocycles. The predicted molar refractivity (Wildman–Crippen MR) is 90.6 cm³/mol. The fourth-order valence-corrected chi connectivity index (χ4v) is 3.95. The number of anilines is 1. The summed E-state index contributed by atoms with van der Waals surface area (Å²) in [6.07, 6.45) is 4.68. The maximum Gasteiger partial charge on any atom is 0.243 e. The maximum atomic E-state index is 13.0. The van der Waals surface area contributed by atoms with E-state index in [2.05, 4.69) is 20.4 Å². The van der Waals surface area contributed by atoms with E-state index in [4.69, 9.17) is 0 Å². The number of benzene rings is 1. The van der Waals surface area contributed by atoms with Crippen molar-refractivity contribution >= 4 is 22.4 Å². The molecular formula is C17H19FN4OS. The summed E-state index contributed by atoms with van der Waals surface area (Å²) in [6.45, 7) is 0.841. The molecule has 1 N–H and O–H groups in total. The minimum atomic E-state index is -0.238. The van der Waals surface area contributed by atoms with Crippen LogP contribution in [0.25, 0.3) is 0 Å². The third-order valence-corrected chi connectivity index (χ3v) is 5.41.